The molecule has 0 atom stereocenters. The number of alkyl carbamates (subject to hydrolysis) is 1. The number of carbonyl (C=O) groups is 2. The molecule has 1 aliphatic rings. The highest BCUT2D eigenvalue weighted by Crippen LogP contribution is 2.26. The molecule has 1 heterocycles. The third-order valence-electron chi connectivity index (χ3n) is 4.70. The first-order chi connectivity index (χ1) is 14.5. The molecule has 2 N–H and O–H groups in total. The van der Waals surface area contributed by atoms with Crippen molar-refractivity contribution in [1.82, 2.24) is 14.9 Å². The highest BCUT2D eigenvalue weighted by molar-refractivity contribution is 7.89. The SMILES string of the molecule is COc1ccc(S(=O)(=O)N2CCCCCC2)cc1C(=O)NCCNC(=O)OC(C)(C)C. The summed E-state index contributed by atoms with van der Waals surface area (Å²) < 4.78 is 38.0. The van der Waals surface area contributed by atoms with Gasteiger partial charge in [-0.2, -0.15) is 4.31 Å². The van der Waals surface area contributed by atoms with Gasteiger partial charge in [-0.1, -0.05) is 12.8 Å². The molecule has 0 aliphatic carbocycles. The lowest BCUT2D eigenvalue weighted by molar-refractivity contribution is 0.0526. The third-order valence-corrected chi connectivity index (χ3v) is 6.59. The molecule has 1 aromatic rings. The minimum atomic E-state index is -3.70. The van der Waals surface area contributed by atoms with E-state index in [0.717, 1.165) is 25.7 Å². The molecule has 2 amide bonds. The van der Waals surface area contributed by atoms with Gasteiger partial charge in [-0.05, 0) is 51.8 Å². The molecular weight excluding hydrogens is 422 g/mol. The number of rotatable bonds is 7. The Morgan fingerprint density at radius 2 is 1.65 bits per heavy atom. The number of carbonyl (C=O) groups excluding carboxylic acids is 2. The van der Waals surface area contributed by atoms with Crippen molar-refractivity contribution < 1.29 is 27.5 Å². The summed E-state index contributed by atoms with van der Waals surface area (Å²) in [7, 11) is -2.28. The van der Waals surface area contributed by atoms with E-state index < -0.39 is 27.6 Å². The highest BCUT2D eigenvalue weighted by Gasteiger charge is 2.27. The number of hydrogen-bond donors (Lipinski definition) is 2. The largest absolute Gasteiger partial charge is 0.496 e. The number of methoxy groups -OCH3 is 1. The van der Waals surface area contributed by atoms with Crippen LogP contribution in [0.15, 0.2) is 23.1 Å². The van der Waals surface area contributed by atoms with Gasteiger partial charge in [-0.3, -0.25) is 4.79 Å². The van der Waals surface area contributed by atoms with Gasteiger partial charge in [0.1, 0.15) is 11.4 Å². The Morgan fingerprint density at radius 1 is 1.03 bits per heavy atom. The summed E-state index contributed by atoms with van der Waals surface area (Å²) in [6.07, 6.45) is 3.10. The average molecular weight is 456 g/mol. The van der Waals surface area contributed by atoms with Gasteiger partial charge in [0, 0.05) is 26.2 Å². The van der Waals surface area contributed by atoms with Crippen LogP contribution in [-0.4, -0.2) is 63.6 Å². The van der Waals surface area contributed by atoms with Gasteiger partial charge in [-0.25, -0.2) is 13.2 Å². The Hall–Kier alpha value is -2.33. The van der Waals surface area contributed by atoms with Crippen LogP contribution < -0.4 is 15.4 Å². The monoisotopic (exact) mass is 455 g/mol. The van der Waals surface area contributed by atoms with Crippen LogP contribution in [0.3, 0.4) is 0 Å². The van der Waals surface area contributed by atoms with E-state index in [1.54, 1.807) is 20.8 Å². The second-order valence-corrected chi connectivity index (χ2v) is 10.3. The summed E-state index contributed by atoms with van der Waals surface area (Å²) in [5, 5.41) is 5.21. The zero-order chi connectivity index (χ0) is 23.1. The van der Waals surface area contributed by atoms with Crippen LogP contribution in [0.2, 0.25) is 0 Å². The zero-order valence-corrected chi connectivity index (χ0v) is 19.5. The molecule has 31 heavy (non-hydrogen) atoms. The third kappa shape index (κ3) is 7.39. The van der Waals surface area contributed by atoms with Crippen LogP contribution in [0.4, 0.5) is 4.79 Å². The molecule has 2 rings (SSSR count). The Kier molecular flexibility index (Phi) is 8.69. The minimum Gasteiger partial charge on any atom is -0.496 e. The smallest absolute Gasteiger partial charge is 0.407 e. The highest BCUT2D eigenvalue weighted by atomic mass is 32.2. The lowest BCUT2D eigenvalue weighted by Gasteiger charge is -2.21. The van der Waals surface area contributed by atoms with E-state index in [1.807, 2.05) is 0 Å². The fourth-order valence-electron chi connectivity index (χ4n) is 3.21. The molecule has 0 bridgehead atoms. The molecule has 1 aromatic carbocycles. The molecule has 1 saturated heterocycles. The van der Waals surface area contributed by atoms with E-state index in [2.05, 4.69) is 10.6 Å². The standard InChI is InChI=1S/C21H33N3O6S/c1-21(2,3)30-20(26)23-12-11-22-19(25)17-15-16(9-10-18(17)29-4)31(27,28)24-13-7-5-6-8-14-24/h9-10,15H,5-8,11-14H2,1-4H3,(H,22,25)(H,23,26). The van der Waals surface area contributed by atoms with Crippen LogP contribution >= 0.6 is 0 Å². The maximum atomic E-state index is 13.1. The normalized spacial score (nSPS) is 15.6. The first-order valence-corrected chi connectivity index (χ1v) is 11.9. The predicted molar refractivity (Wildman–Crippen MR) is 117 cm³/mol. The van der Waals surface area contributed by atoms with Crippen molar-refractivity contribution in [2.24, 2.45) is 0 Å². The van der Waals surface area contributed by atoms with Crippen molar-refractivity contribution >= 4 is 22.0 Å². The molecule has 0 unspecified atom stereocenters. The summed E-state index contributed by atoms with van der Waals surface area (Å²) in [5.41, 5.74) is -0.490. The average Bonchev–Trinajstić information content (AvgIpc) is 2.99. The van der Waals surface area contributed by atoms with Gasteiger partial charge in [0.2, 0.25) is 10.0 Å². The molecule has 0 aromatic heterocycles. The van der Waals surface area contributed by atoms with Crippen molar-refractivity contribution in [3.8, 4) is 5.75 Å². The second kappa shape index (κ2) is 10.8. The van der Waals surface area contributed by atoms with Crippen LogP contribution in [0, 0.1) is 0 Å². The molecule has 1 fully saturated rings. The second-order valence-electron chi connectivity index (χ2n) is 8.36. The summed E-state index contributed by atoms with van der Waals surface area (Å²) in [5.74, 6) is -0.219. The summed E-state index contributed by atoms with van der Waals surface area (Å²) in [6, 6.07) is 4.29. The number of hydrogen-bond acceptors (Lipinski definition) is 6. The number of nitrogens with one attached hydrogen (secondary N) is 2. The van der Waals surface area contributed by atoms with Gasteiger partial charge >= 0.3 is 6.09 Å². The number of sulfonamides is 1. The first kappa shape index (κ1) is 24.9. The summed E-state index contributed by atoms with van der Waals surface area (Å²) in [4.78, 5) is 24.4. The van der Waals surface area contributed by atoms with E-state index in [0.29, 0.717) is 13.1 Å². The Bertz CT molecular complexity index is 872. The van der Waals surface area contributed by atoms with Crippen LogP contribution in [0.5, 0.6) is 5.75 Å². The van der Waals surface area contributed by atoms with Crippen molar-refractivity contribution in [3.63, 3.8) is 0 Å². The van der Waals surface area contributed by atoms with Gasteiger partial charge < -0.3 is 20.1 Å². The molecule has 174 valence electrons. The predicted octanol–water partition coefficient (Wildman–Crippen LogP) is 2.51. The van der Waals surface area contributed by atoms with Gasteiger partial charge in [0.15, 0.2) is 0 Å². The minimum absolute atomic E-state index is 0.0622. The number of ether oxygens (including phenoxy) is 2. The first-order valence-electron chi connectivity index (χ1n) is 10.5. The Morgan fingerprint density at radius 3 is 2.23 bits per heavy atom. The van der Waals surface area contributed by atoms with Crippen LogP contribution in [-0.2, 0) is 14.8 Å². The molecule has 9 nitrogen and oxygen atoms in total. The molecular formula is C21H33N3O6S. The van der Waals surface area contributed by atoms with E-state index >= 15 is 0 Å². The number of benzene rings is 1. The maximum Gasteiger partial charge on any atom is 0.407 e. The summed E-state index contributed by atoms with van der Waals surface area (Å²) in [6.45, 7) is 6.53. The van der Waals surface area contributed by atoms with E-state index in [4.69, 9.17) is 9.47 Å². The van der Waals surface area contributed by atoms with Crippen molar-refractivity contribution in [2.45, 2.75) is 57.0 Å². The number of nitrogens with zero attached hydrogens (tertiary/aromatic N) is 1. The quantitative estimate of drug-likeness (QED) is 0.611. The van der Waals surface area contributed by atoms with Gasteiger partial charge in [0.25, 0.3) is 5.91 Å². The van der Waals surface area contributed by atoms with E-state index in [9.17, 15) is 18.0 Å². The lowest BCUT2D eigenvalue weighted by Crippen LogP contribution is -2.38. The molecule has 0 spiro atoms. The van der Waals surface area contributed by atoms with E-state index in [1.165, 1.54) is 29.6 Å². The zero-order valence-electron chi connectivity index (χ0n) is 18.7. The van der Waals surface area contributed by atoms with Crippen molar-refractivity contribution in [2.75, 3.05) is 33.3 Å². The van der Waals surface area contributed by atoms with Crippen LogP contribution in [0.1, 0.15) is 56.8 Å². The summed E-state index contributed by atoms with van der Waals surface area (Å²) >= 11 is 0. The molecule has 10 heteroatoms. The lowest BCUT2D eigenvalue weighted by atomic mass is 10.2. The molecule has 0 saturated carbocycles. The van der Waals surface area contributed by atoms with Gasteiger partial charge in [0.05, 0.1) is 17.6 Å². The number of amides is 2. The van der Waals surface area contributed by atoms with Crippen molar-refractivity contribution in [1.29, 1.82) is 0 Å². The fourth-order valence-corrected chi connectivity index (χ4v) is 4.75. The maximum absolute atomic E-state index is 13.1. The van der Waals surface area contributed by atoms with Gasteiger partial charge in [-0.15, -0.1) is 0 Å². The van der Waals surface area contributed by atoms with Crippen molar-refractivity contribution in [3.05, 3.63) is 23.8 Å². The van der Waals surface area contributed by atoms with E-state index in [-0.39, 0.29) is 29.3 Å². The molecule has 1 aliphatic heterocycles. The topological polar surface area (TPSA) is 114 Å². The molecule has 0 radical (unpaired) electrons. The Labute approximate surface area is 184 Å². The Balaban J connectivity index is 2.06. The fraction of sp³-hybridized carbons (Fsp3) is 0.619. The van der Waals surface area contributed by atoms with Crippen LogP contribution in [0.25, 0.3) is 0 Å².